The Morgan fingerprint density at radius 2 is 2.00 bits per heavy atom. The summed E-state index contributed by atoms with van der Waals surface area (Å²) in [4.78, 5) is 21.6. The van der Waals surface area contributed by atoms with Crippen LogP contribution in [0.5, 0.6) is 5.75 Å². The number of carbonyl (C=O) groups is 1. The maximum absolute atomic E-state index is 12.7. The molecule has 4 aromatic rings. The van der Waals surface area contributed by atoms with Crippen LogP contribution in [0.3, 0.4) is 0 Å². The van der Waals surface area contributed by atoms with Gasteiger partial charge in [-0.05, 0) is 55.3 Å². The Kier molecular flexibility index (Phi) is 5.53. The molecule has 2 N–H and O–H groups in total. The van der Waals surface area contributed by atoms with E-state index in [0.29, 0.717) is 17.0 Å². The number of aryl methyl sites for hydroxylation is 2. The van der Waals surface area contributed by atoms with Crippen molar-refractivity contribution < 1.29 is 9.53 Å². The lowest BCUT2D eigenvalue weighted by Crippen LogP contribution is -2.13. The summed E-state index contributed by atoms with van der Waals surface area (Å²) >= 11 is 0. The van der Waals surface area contributed by atoms with Crippen molar-refractivity contribution in [3.05, 3.63) is 71.5 Å². The number of fused-ring (bicyclic) bond motifs is 1. The molecule has 0 radical (unpaired) electrons. The zero-order chi connectivity index (χ0) is 22.0. The summed E-state index contributed by atoms with van der Waals surface area (Å²) < 4.78 is 6.95. The largest absolute Gasteiger partial charge is 0.496 e. The van der Waals surface area contributed by atoms with Crippen LogP contribution in [0, 0.1) is 6.92 Å². The Balaban J connectivity index is 1.48. The molecule has 4 rings (SSSR count). The summed E-state index contributed by atoms with van der Waals surface area (Å²) in [6.45, 7) is 3.94. The lowest BCUT2D eigenvalue weighted by molar-refractivity contribution is 0.102. The number of aromatic nitrogens is 4. The van der Waals surface area contributed by atoms with Crippen LogP contribution in [0.25, 0.3) is 11.2 Å². The number of nitrogens with zero attached hydrogens (tertiary/aromatic N) is 4. The third-order valence-corrected chi connectivity index (χ3v) is 5.11. The minimum atomic E-state index is -0.170. The Bertz CT molecular complexity index is 1250. The van der Waals surface area contributed by atoms with E-state index < -0.39 is 0 Å². The minimum absolute atomic E-state index is 0.0416. The molecule has 158 valence electrons. The van der Waals surface area contributed by atoms with Crippen molar-refractivity contribution in [2.75, 3.05) is 17.7 Å². The first-order chi connectivity index (χ1) is 14.9. The molecule has 0 saturated heterocycles. The molecule has 1 amide bonds. The van der Waals surface area contributed by atoms with E-state index in [0.717, 1.165) is 28.1 Å². The van der Waals surface area contributed by atoms with Gasteiger partial charge < -0.3 is 15.4 Å². The smallest absolute Gasteiger partial charge is 0.255 e. The van der Waals surface area contributed by atoms with Crippen LogP contribution >= 0.6 is 0 Å². The topological polar surface area (TPSA) is 94.0 Å². The molecule has 0 aliphatic carbocycles. The number of carbonyl (C=O) groups excluding carboxylic acids is 1. The fourth-order valence-electron chi connectivity index (χ4n) is 3.40. The number of benzene rings is 2. The first-order valence-corrected chi connectivity index (χ1v) is 9.92. The molecule has 0 unspecified atom stereocenters. The van der Waals surface area contributed by atoms with Gasteiger partial charge >= 0.3 is 0 Å². The molecule has 8 heteroatoms. The molecule has 0 aliphatic heterocycles. The van der Waals surface area contributed by atoms with E-state index in [2.05, 4.69) is 25.7 Å². The molecule has 0 saturated carbocycles. The van der Waals surface area contributed by atoms with Crippen molar-refractivity contribution in [1.29, 1.82) is 0 Å². The summed E-state index contributed by atoms with van der Waals surface area (Å²) in [6, 6.07) is 13.1. The van der Waals surface area contributed by atoms with Gasteiger partial charge in [0.25, 0.3) is 5.91 Å². The van der Waals surface area contributed by atoms with E-state index in [1.165, 1.54) is 0 Å². The fourth-order valence-corrected chi connectivity index (χ4v) is 3.40. The first kappa shape index (κ1) is 20.3. The summed E-state index contributed by atoms with van der Waals surface area (Å²) in [6.07, 6.45) is 3.38. The van der Waals surface area contributed by atoms with Crippen LogP contribution in [0.2, 0.25) is 0 Å². The molecule has 0 bridgehead atoms. The maximum atomic E-state index is 12.7. The van der Waals surface area contributed by atoms with Crippen molar-refractivity contribution in [3.63, 3.8) is 0 Å². The second kappa shape index (κ2) is 8.43. The number of rotatable bonds is 6. The maximum Gasteiger partial charge on any atom is 0.255 e. The van der Waals surface area contributed by atoms with Gasteiger partial charge in [0.1, 0.15) is 17.1 Å². The van der Waals surface area contributed by atoms with Gasteiger partial charge in [0.2, 0.25) is 0 Å². The highest BCUT2D eigenvalue weighted by Crippen LogP contribution is 2.23. The van der Waals surface area contributed by atoms with Crippen molar-refractivity contribution in [2.45, 2.75) is 19.9 Å². The summed E-state index contributed by atoms with van der Waals surface area (Å²) in [5, 5.41) is 10.5. The molecule has 2 aromatic carbocycles. The number of anilines is 2. The summed E-state index contributed by atoms with van der Waals surface area (Å²) in [5.41, 5.74) is 4.68. The van der Waals surface area contributed by atoms with E-state index in [1.54, 1.807) is 36.3 Å². The average molecular weight is 416 g/mol. The quantitative estimate of drug-likeness (QED) is 0.491. The number of ether oxygens (including phenoxy) is 1. The average Bonchev–Trinajstić information content (AvgIpc) is 3.14. The molecule has 1 atom stereocenters. The standard InChI is InChI=1S/C23H24N6O2/c1-14-10-17(8-9-20(14)31-4)23(30)27-18-7-5-6-16(11-18)15(2)26-21-13-24-19-12-25-29(3)22(19)28-21/h5-13,15H,1-4H3,(H,26,28)(H,27,30)/t15-/m0/s1. The van der Waals surface area contributed by atoms with Gasteiger partial charge in [-0.15, -0.1) is 0 Å². The second-order valence-corrected chi connectivity index (χ2v) is 7.36. The van der Waals surface area contributed by atoms with Crippen LogP contribution in [-0.4, -0.2) is 32.8 Å². The third kappa shape index (κ3) is 4.32. The van der Waals surface area contributed by atoms with E-state index in [-0.39, 0.29) is 11.9 Å². The van der Waals surface area contributed by atoms with E-state index in [9.17, 15) is 4.79 Å². The lowest BCUT2D eigenvalue weighted by atomic mass is 10.1. The molecule has 2 aromatic heterocycles. The van der Waals surface area contributed by atoms with Crippen LogP contribution in [-0.2, 0) is 7.05 Å². The number of methoxy groups -OCH3 is 1. The van der Waals surface area contributed by atoms with Crippen molar-refractivity contribution in [3.8, 4) is 5.75 Å². The van der Waals surface area contributed by atoms with Gasteiger partial charge in [0.15, 0.2) is 5.65 Å². The minimum Gasteiger partial charge on any atom is -0.496 e. The predicted octanol–water partition coefficient (Wildman–Crippen LogP) is 4.11. The third-order valence-electron chi connectivity index (χ3n) is 5.11. The molecule has 0 fully saturated rings. The number of hydrogen-bond acceptors (Lipinski definition) is 6. The molecule has 2 heterocycles. The van der Waals surface area contributed by atoms with Gasteiger partial charge in [-0.1, -0.05) is 12.1 Å². The van der Waals surface area contributed by atoms with Crippen LogP contribution in [0.15, 0.2) is 54.9 Å². The van der Waals surface area contributed by atoms with Gasteiger partial charge in [-0.2, -0.15) is 5.10 Å². The van der Waals surface area contributed by atoms with Crippen molar-refractivity contribution in [1.82, 2.24) is 19.7 Å². The van der Waals surface area contributed by atoms with Gasteiger partial charge in [-0.3, -0.25) is 4.79 Å². The summed E-state index contributed by atoms with van der Waals surface area (Å²) in [5.74, 6) is 1.24. The molecular formula is C23H24N6O2. The fraction of sp³-hybridized carbons (Fsp3) is 0.217. The Morgan fingerprint density at radius 3 is 2.77 bits per heavy atom. The van der Waals surface area contributed by atoms with Gasteiger partial charge in [0.05, 0.1) is 25.5 Å². The molecular weight excluding hydrogens is 392 g/mol. The Hall–Kier alpha value is -3.94. The highest BCUT2D eigenvalue weighted by Gasteiger charge is 2.12. The lowest BCUT2D eigenvalue weighted by Gasteiger charge is -2.16. The highest BCUT2D eigenvalue weighted by molar-refractivity contribution is 6.04. The Morgan fingerprint density at radius 1 is 1.16 bits per heavy atom. The number of nitrogens with one attached hydrogen (secondary N) is 2. The van der Waals surface area contributed by atoms with Gasteiger partial charge in [-0.25, -0.2) is 14.6 Å². The monoisotopic (exact) mass is 416 g/mol. The number of hydrogen-bond donors (Lipinski definition) is 2. The highest BCUT2D eigenvalue weighted by atomic mass is 16.5. The first-order valence-electron chi connectivity index (χ1n) is 9.92. The van der Waals surface area contributed by atoms with Crippen molar-refractivity contribution in [2.24, 2.45) is 7.05 Å². The van der Waals surface area contributed by atoms with Crippen LogP contribution in [0.1, 0.15) is 34.5 Å². The van der Waals surface area contributed by atoms with Crippen molar-refractivity contribution >= 4 is 28.6 Å². The van der Waals surface area contributed by atoms with Crippen LogP contribution < -0.4 is 15.4 Å². The molecule has 0 spiro atoms. The van der Waals surface area contributed by atoms with Gasteiger partial charge in [0, 0.05) is 18.3 Å². The second-order valence-electron chi connectivity index (χ2n) is 7.36. The molecule has 31 heavy (non-hydrogen) atoms. The zero-order valence-electron chi connectivity index (χ0n) is 17.9. The van der Waals surface area contributed by atoms with Crippen LogP contribution in [0.4, 0.5) is 11.5 Å². The molecule has 8 nitrogen and oxygen atoms in total. The SMILES string of the molecule is COc1ccc(C(=O)Nc2cccc([C@H](C)Nc3cnc4cnn(C)c4n3)c2)cc1C. The Labute approximate surface area is 180 Å². The zero-order valence-corrected chi connectivity index (χ0v) is 17.9. The summed E-state index contributed by atoms with van der Waals surface area (Å²) in [7, 11) is 3.45. The van der Waals surface area contributed by atoms with E-state index in [1.807, 2.05) is 51.2 Å². The number of amides is 1. The van der Waals surface area contributed by atoms with E-state index >= 15 is 0 Å². The predicted molar refractivity (Wildman–Crippen MR) is 120 cm³/mol. The normalized spacial score (nSPS) is 11.9. The van der Waals surface area contributed by atoms with E-state index in [4.69, 9.17) is 4.74 Å². The molecule has 0 aliphatic rings.